The van der Waals surface area contributed by atoms with Gasteiger partial charge in [0.1, 0.15) is 0 Å². The van der Waals surface area contributed by atoms with E-state index in [1.807, 2.05) is 19.1 Å². The van der Waals surface area contributed by atoms with Gasteiger partial charge in [-0.3, -0.25) is 9.78 Å². The Labute approximate surface area is 71.6 Å². The van der Waals surface area contributed by atoms with Gasteiger partial charge in [0.15, 0.2) is 0 Å². The van der Waals surface area contributed by atoms with Crippen LogP contribution in [0.5, 0.6) is 0 Å². The summed E-state index contributed by atoms with van der Waals surface area (Å²) in [5.41, 5.74) is 7.05. The molecule has 1 heterocycles. The molecule has 1 amide bonds. The summed E-state index contributed by atoms with van der Waals surface area (Å²) in [4.78, 5) is 14.5. The Bertz CT molecular complexity index is 266. The highest BCUT2D eigenvalue weighted by atomic mass is 16.1. The van der Waals surface area contributed by atoms with Gasteiger partial charge in [0, 0.05) is 18.3 Å². The lowest BCUT2D eigenvalue weighted by Crippen LogP contribution is -2.11. The summed E-state index contributed by atoms with van der Waals surface area (Å²) in [5, 5.41) is 0. The zero-order chi connectivity index (χ0) is 8.97. The Morgan fingerprint density at radius 1 is 1.58 bits per heavy atom. The van der Waals surface area contributed by atoms with Crippen LogP contribution in [0.1, 0.15) is 17.7 Å². The van der Waals surface area contributed by atoms with Gasteiger partial charge in [-0.15, -0.1) is 0 Å². The van der Waals surface area contributed by atoms with E-state index in [-0.39, 0.29) is 5.91 Å². The maximum Gasteiger partial charge on any atom is 0.217 e. The predicted molar refractivity (Wildman–Crippen MR) is 46.5 cm³/mol. The van der Waals surface area contributed by atoms with Crippen LogP contribution >= 0.6 is 0 Å². The second kappa shape index (κ2) is 3.85. The maximum absolute atomic E-state index is 10.4. The van der Waals surface area contributed by atoms with Gasteiger partial charge < -0.3 is 5.73 Å². The summed E-state index contributed by atoms with van der Waals surface area (Å²) in [5.74, 6) is -0.268. The molecule has 2 N–H and O–H groups in total. The molecule has 0 spiro atoms. The molecule has 64 valence electrons. The van der Waals surface area contributed by atoms with Gasteiger partial charge in [-0.1, -0.05) is 6.07 Å². The Kier molecular flexibility index (Phi) is 2.80. The average molecular weight is 164 g/mol. The molecule has 3 heteroatoms. The molecule has 0 unspecified atom stereocenters. The summed E-state index contributed by atoms with van der Waals surface area (Å²) in [6.45, 7) is 1.93. The van der Waals surface area contributed by atoms with Crippen molar-refractivity contribution in [2.75, 3.05) is 0 Å². The third-order valence-electron chi connectivity index (χ3n) is 1.63. The molecule has 0 fully saturated rings. The largest absolute Gasteiger partial charge is 0.370 e. The molecule has 0 saturated carbocycles. The Morgan fingerprint density at radius 3 is 2.83 bits per heavy atom. The van der Waals surface area contributed by atoms with Crippen LogP contribution in [0.2, 0.25) is 0 Å². The molecule has 0 bridgehead atoms. The maximum atomic E-state index is 10.4. The van der Waals surface area contributed by atoms with Crippen LogP contribution < -0.4 is 5.73 Å². The van der Waals surface area contributed by atoms with Gasteiger partial charge in [-0.05, 0) is 25.0 Å². The minimum atomic E-state index is -0.268. The molecule has 0 aromatic carbocycles. The third kappa shape index (κ3) is 2.70. The van der Waals surface area contributed by atoms with Gasteiger partial charge in [-0.25, -0.2) is 0 Å². The van der Waals surface area contributed by atoms with Crippen molar-refractivity contribution < 1.29 is 4.79 Å². The van der Waals surface area contributed by atoms with E-state index in [2.05, 4.69) is 4.98 Å². The van der Waals surface area contributed by atoms with E-state index >= 15 is 0 Å². The van der Waals surface area contributed by atoms with E-state index in [1.165, 1.54) is 0 Å². The predicted octanol–water partition coefficient (Wildman–Crippen LogP) is 0.808. The second-order valence-corrected chi connectivity index (χ2v) is 2.77. The highest BCUT2D eigenvalue weighted by Gasteiger charge is 1.96. The summed E-state index contributed by atoms with van der Waals surface area (Å²) in [6.07, 6.45) is 2.85. The van der Waals surface area contributed by atoms with Crippen molar-refractivity contribution in [2.45, 2.75) is 19.8 Å². The minimum absolute atomic E-state index is 0.268. The lowest BCUT2D eigenvalue weighted by Gasteiger charge is -1.97. The van der Waals surface area contributed by atoms with E-state index in [9.17, 15) is 4.79 Å². The first-order valence-corrected chi connectivity index (χ1v) is 3.88. The fourth-order valence-electron chi connectivity index (χ4n) is 0.914. The molecule has 0 aliphatic rings. The zero-order valence-corrected chi connectivity index (χ0v) is 7.08. The second-order valence-electron chi connectivity index (χ2n) is 2.77. The number of nitrogens with two attached hydrogens (primary N) is 1. The van der Waals surface area contributed by atoms with Crippen molar-refractivity contribution in [3.05, 3.63) is 29.6 Å². The first kappa shape index (κ1) is 8.71. The van der Waals surface area contributed by atoms with Crippen molar-refractivity contribution in [1.82, 2.24) is 4.98 Å². The molecule has 1 rings (SSSR count). The summed E-state index contributed by atoms with van der Waals surface area (Å²) < 4.78 is 0. The van der Waals surface area contributed by atoms with Crippen LogP contribution in [-0.4, -0.2) is 10.9 Å². The number of hydrogen-bond donors (Lipinski definition) is 1. The molecule has 0 aliphatic heterocycles. The van der Waals surface area contributed by atoms with Crippen molar-refractivity contribution >= 4 is 5.91 Å². The van der Waals surface area contributed by atoms with E-state index < -0.39 is 0 Å². The average Bonchev–Trinajstić information content (AvgIpc) is 2.03. The monoisotopic (exact) mass is 164 g/mol. The van der Waals surface area contributed by atoms with Gasteiger partial charge in [0.25, 0.3) is 0 Å². The molecule has 12 heavy (non-hydrogen) atoms. The van der Waals surface area contributed by atoms with Gasteiger partial charge in [0.2, 0.25) is 5.91 Å². The quantitative estimate of drug-likeness (QED) is 0.718. The summed E-state index contributed by atoms with van der Waals surface area (Å²) in [7, 11) is 0. The van der Waals surface area contributed by atoms with E-state index in [4.69, 9.17) is 5.73 Å². The minimum Gasteiger partial charge on any atom is -0.370 e. The smallest absolute Gasteiger partial charge is 0.217 e. The number of aryl methyl sites for hydroxylation is 2. The fraction of sp³-hybridized carbons (Fsp3) is 0.333. The number of hydrogen-bond acceptors (Lipinski definition) is 2. The van der Waals surface area contributed by atoms with Crippen molar-refractivity contribution in [1.29, 1.82) is 0 Å². The van der Waals surface area contributed by atoms with Crippen molar-refractivity contribution in [2.24, 2.45) is 5.73 Å². The van der Waals surface area contributed by atoms with Gasteiger partial charge in [-0.2, -0.15) is 0 Å². The number of rotatable bonds is 3. The number of pyridine rings is 1. The van der Waals surface area contributed by atoms with Crippen LogP contribution in [0.15, 0.2) is 18.3 Å². The number of aromatic nitrogens is 1. The number of carbonyl (C=O) groups is 1. The molecule has 1 aromatic rings. The van der Waals surface area contributed by atoms with Gasteiger partial charge >= 0.3 is 0 Å². The molecule has 0 radical (unpaired) electrons. The summed E-state index contributed by atoms with van der Waals surface area (Å²) >= 11 is 0. The normalized spacial score (nSPS) is 9.75. The highest BCUT2D eigenvalue weighted by molar-refractivity contribution is 5.73. The molecule has 0 aliphatic carbocycles. The fourth-order valence-corrected chi connectivity index (χ4v) is 0.914. The molecule has 0 atom stereocenters. The number of nitrogens with zero attached hydrogens (tertiary/aromatic N) is 1. The molecular weight excluding hydrogens is 152 g/mol. The molecule has 0 saturated heterocycles. The third-order valence-corrected chi connectivity index (χ3v) is 1.63. The zero-order valence-electron chi connectivity index (χ0n) is 7.08. The van der Waals surface area contributed by atoms with Crippen molar-refractivity contribution in [3.63, 3.8) is 0 Å². The number of amides is 1. The topological polar surface area (TPSA) is 56.0 Å². The molecule has 3 nitrogen and oxygen atoms in total. The van der Waals surface area contributed by atoms with E-state index in [0.29, 0.717) is 12.8 Å². The van der Waals surface area contributed by atoms with Crippen LogP contribution in [0.3, 0.4) is 0 Å². The van der Waals surface area contributed by atoms with Crippen LogP contribution in [0, 0.1) is 6.92 Å². The molecule has 1 aromatic heterocycles. The van der Waals surface area contributed by atoms with E-state index in [1.54, 1.807) is 6.20 Å². The Morgan fingerprint density at radius 2 is 2.33 bits per heavy atom. The van der Waals surface area contributed by atoms with Crippen LogP contribution in [0.4, 0.5) is 0 Å². The number of primary amides is 1. The Hall–Kier alpha value is -1.38. The van der Waals surface area contributed by atoms with Gasteiger partial charge in [0.05, 0.1) is 0 Å². The Balaban J connectivity index is 2.53. The first-order valence-electron chi connectivity index (χ1n) is 3.88. The lowest BCUT2D eigenvalue weighted by molar-refractivity contribution is -0.117. The van der Waals surface area contributed by atoms with Crippen LogP contribution in [0.25, 0.3) is 0 Å². The van der Waals surface area contributed by atoms with Crippen molar-refractivity contribution in [3.8, 4) is 0 Å². The van der Waals surface area contributed by atoms with Crippen LogP contribution in [-0.2, 0) is 11.2 Å². The number of carbonyl (C=O) groups excluding carboxylic acids is 1. The highest BCUT2D eigenvalue weighted by Crippen LogP contribution is 2.01. The molecular formula is C9H12N2O. The standard InChI is InChI=1S/C9H12N2O/c1-7-2-3-8(6-11-7)4-5-9(10)12/h2-3,6H,4-5H2,1H3,(H2,10,12). The van der Waals surface area contributed by atoms with E-state index in [0.717, 1.165) is 11.3 Å². The lowest BCUT2D eigenvalue weighted by atomic mass is 10.1. The summed E-state index contributed by atoms with van der Waals surface area (Å²) in [6, 6.07) is 3.89. The first-order chi connectivity index (χ1) is 5.68. The SMILES string of the molecule is Cc1ccc(CCC(N)=O)cn1.